The summed E-state index contributed by atoms with van der Waals surface area (Å²) in [5.41, 5.74) is 0. The van der Waals surface area contributed by atoms with Crippen LogP contribution in [0.4, 0.5) is 0 Å². The topological polar surface area (TPSA) is 118 Å². The van der Waals surface area contributed by atoms with Crippen molar-refractivity contribution in [2.75, 3.05) is 122 Å². The zero-order valence-electron chi connectivity index (χ0n) is 42.3. The molecule has 2 atom stereocenters. The molecule has 0 aliphatic heterocycles. The van der Waals surface area contributed by atoms with E-state index >= 15 is 0 Å². The number of phosphoric ester groups is 2. The molecule has 0 bridgehead atoms. The average Bonchev–Trinajstić information content (AvgIpc) is 3.19. The minimum Gasteiger partial charge on any atom is -0.325 e. The molecule has 62 heavy (non-hydrogen) atoms. The first-order valence-electron chi connectivity index (χ1n) is 25.6. The third-order valence-corrected chi connectivity index (χ3v) is 14.3. The highest BCUT2D eigenvalue weighted by molar-refractivity contribution is 7.47. The maximum atomic E-state index is 12.2. The summed E-state index contributed by atoms with van der Waals surface area (Å²) in [6, 6.07) is 0. The summed E-state index contributed by atoms with van der Waals surface area (Å²) in [5, 5.41) is 0. The third-order valence-electron chi connectivity index (χ3n) is 12.3. The van der Waals surface area contributed by atoms with E-state index in [2.05, 4.69) is 38.0 Å². The van der Waals surface area contributed by atoms with Crippen LogP contribution in [0.3, 0.4) is 0 Å². The predicted molar refractivity (Wildman–Crippen MR) is 263 cm³/mol. The zero-order chi connectivity index (χ0) is 46.3. The highest BCUT2D eigenvalue weighted by Crippen LogP contribution is 2.44. The molecule has 0 aliphatic rings. The van der Waals surface area contributed by atoms with Gasteiger partial charge in [0.15, 0.2) is 0 Å². The number of hydrogen-bond acceptors (Lipinski definition) is 8. The van der Waals surface area contributed by atoms with Gasteiger partial charge in [-0.2, -0.15) is 0 Å². The van der Waals surface area contributed by atoms with Gasteiger partial charge in [-0.25, -0.2) is 9.13 Å². The standard InChI is InChI=1S/C48H104N4O8P2/c1-49(2)39-41-51(5,6)43-47-59-61(53,54)57-45-37-35-33-31-29-27-25-23-21-19-17-15-13-11-9-10-12-14-16-18-20-22-24-26-28-30-32-34-36-38-46-58-62(55,56)60-48-44-52(7,8)42-40-50(3)4/h9-48H2,1-8H3/p+2. The Morgan fingerprint density at radius 3 is 0.694 bits per heavy atom. The predicted octanol–water partition coefficient (Wildman–Crippen LogP) is 12.2. The van der Waals surface area contributed by atoms with E-state index in [0.717, 1.165) is 73.7 Å². The summed E-state index contributed by atoms with van der Waals surface area (Å²) in [4.78, 5) is 24.2. The Balaban J connectivity index is 3.34. The van der Waals surface area contributed by atoms with Gasteiger partial charge in [0.25, 0.3) is 0 Å². The Morgan fingerprint density at radius 1 is 0.323 bits per heavy atom. The molecule has 0 radical (unpaired) electrons. The van der Waals surface area contributed by atoms with Crippen molar-refractivity contribution in [1.82, 2.24) is 9.80 Å². The first kappa shape index (κ1) is 62.1. The lowest BCUT2D eigenvalue weighted by Crippen LogP contribution is -2.46. The van der Waals surface area contributed by atoms with Gasteiger partial charge in [-0.3, -0.25) is 18.1 Å². The maximum absolute atomic E-state index is 12.2. The summed E-state index contributed by atoms with van der Waals surface area (Å²) in [7, 11) is 8.71. The first-order valence-corrected chi connectivity index (χ1v) is 28.6. The SMILES string of the molecule is CN(C)CC[N+](C)(C)CCOP(=O)(O)OCCCCCCCCCCCCCCCCCCCCCCCCCCCCCCCCOP(=O)(O)OCC[N+](C)(C)CCN(C)C. The van der Waals surface area contributed by atoms with Crippen molar-refractivity contribution in [2.45, 2.75) is 193 Å². The van der Waals surface area contributed by atoms with Crippen molar-refractivity contribution in [1.29, 1.82) is 0 Å². The molecule has 0 fully saturated rings. The molecule has 0 spiro atoms. The molecule has 0 aliphatic carbocycles. The molecular formula is C48H106N4O8P2+2. The van der Waals surface area contributed by atoms with E-state index in [-0.39, 0.29) is 26.4 Å². The van der Waals surface area contributed by atoms with Gasteiger partial charge in [-0.1, -0.05) is 180 Å². The number of nitrogens with zero attached hydrogens (tertiary/aromatic N) is 4. The van der Waals surface area contributed by atoms with Crippen LogP contribution in [-0.4, -0.2) is 151 Å². The second-order valence-corrected chi connectivity index (χ2v) is 23.2. The maximum Gasteiger partial charge on any atom is 0.472 e. The van der Waals surface area contributed by atoms with Crippen LogP contribution < -0.4 is 0 Å². The second-order valence-electron chi connectivity index (χ2n) is 20.2. The summed E-state index contributed by atoms with van der Waals surface area (Å²) in [6.07, 6.45) is 38.9. The van der Waals surface area contributed by atoms with Crippen molar-refractivity contribution < 1.29 is 46.0 Å². The number of unbranched alkanes of at least 4 members (excludes halogenated alkanes) is 29. The number of phosphoric acid groups is 2. The van der Waals surface area contributed by atoms with Gasteiger partial charge < -0.3 is 28.6 Å². The number of likely N-dealkylation sites (N-methyl/N-ethyl adjacent to an activating group) is 4. The van der Waals surface area contributed by atoms with Crippen LogP contribution in [0.25, 0.3) is 0 Å². The molecule has 12 nitrogen and oxygen atoms in total. The van der Waals surface area contributed by atoms with E-state index in [1.165, 1.54) is 154 Å². The molecule has 0 amide bonds. The zero-order valence-corrected chi connectivity index (χ0v) is 44.1. The van der Waals surface area contributed by atoms with Gasteiger partial charge in [0, 0.05) is 13.1 Å². The molecule has 0 saturated carbocycles. The minimum atomic E-state index is -3.96. The van der Waals surface area contributed by atoms with E-state index in [4.69, 9.17) is 18.1 Å². The summed E-state index contributed by atoms with van der Waals surface area (Å²) < 4.78 is 46.6. The van der Waals surface area contributed by atoms with Crippen molar-refractivity contribution in [3.8, 4) is 0 Å². The summed E-state index contributed by atoms with van der Waals surface area (Å²) in [6.45, 7) is 6.20. The number of hydrogen-bond donors (Lipinski definition) is 2. The van der Waals surface area contributed by atoms with Crippen LogP contribution in [0.5, 0.6) is 0 Å². The van der Waals surface area contributed by atoms with E-state index in [9.17, 15) is 18.9 Å². The molecule has 2 N–H and O–H groups in total. The van der Waals surface area contributed by atoms with Gasteiger partial charge in [0.2, 0.25) is 0 Å². The molecule has 0 rings (SSSR count). The second kappa shape index (κ2) is 40.2. The van der Waals surface area contributed by atoms with Crippen LogP contribution in [0.1, 0.15) is 193 Å². The lowest BCUT2D eigenvalue weighted by atomic mass is 10.0. The minimum absolute atomic E-state index is 0.220. The lowest BCUT2D eigenvalue weighted by molar-refractivity contribution is -0.889. The Bertz CT molecular complexity index is 1000. The van der Waals surface area contributed by atoms with Crippen molar-refractivity contribution in [3.63, 3.8) is 0 Å². The van der Waals surface area contributed by atoms with E-state index in [0.29, 0.717) is 13.1 Å². The van der Waals surface area contributed by atoms with Crippen LogP contribution in [0.2, 0.25) is 0 Å². The van der Waals surface area contributed by atoms with Gasteiger partial charge in [-0.15, -0.1) is 0 Å². The van der Waals surface area contributed by atoms with Crippen molar-refractivity contribution in [2.24, 2.45) is 0 Å². The first-order chi connectivity index (χ1) is 29.5. The van der Waals surface area contributed by atoms with Gasteiger partial charge in [0.05, 0.1) is 54.5 Å². The molecule has 0 saturated heterocycles. The monoisotopic (exact) mass is 929 g/mol. The van der Waals surface area contributed by atoms with Crippen LogP contribution >= 0.6 is 15.6 Å². The summed E-state index contributed by atoms with van der Waals surface area (Å²) in [5.74, 6) is 0. The molecule has 0 aromatic carbocycles. The smallest absolute Gasteiger partial charge is 0.325 e. The van der Waals surface area contributed by atoms with E-state index < -0.39 is 15.6 Å². The van der Waals surface area contributed by atoms with Crippen molar-refractivity contribution >= 4 is 15.6 Å². The Hall–Kier alpha value is 0.0600. The molecule has 2 unspecified atom stereocenters. The highest BCUT2D eigenvalue weighted by Gasteiger charge is 2.25. The van der Waals surface area contributed by atoms with E-state index in [1.54, 1.807) is 0 Å². The Kier molecular flexibility index (Phi) is 40.2. The molecule has 14 heteroatoms. The molecule has 0 heterocycles. The highest BCUT2D eigenvalue weighted by atomic mass is 31.2. The fourth-order valence-corrected chi connectivity index (χ4v) is 9.05. The quantitative estimate of drug-likeness (QED) is 0.0347. The van der Waals surface area contributed by atoms with Crippen LogP contribution in [0.15, 0.2) is 0 Å². The third kappa shape index (κ3) is 46.6. The van der Waals surface area contributed by atoms with Gasteiger partial charge in [0.1, 0.15) is 26.3 Å². The molecular weight excluding hydrogens is 822 g/mol. The van der Waals surface area contributed by atoms with E-state index in [1.807, 2.05) is 28.2 Å². The molecule has 374 valence electrons. The summed E-state index contributed by atoms with van der Waals surface area (Å²) >= 11 is 0. The fourth-order valence-electron chi connectivity index (χ4n) is 7.56. The fraction of sp³-hybridized carbons (Fsp3) is 1.00. The van der Waals surface area contributed by atoms with Crippen LogP contribution in [-0.2, 0) is 27.2 Å². The normalized spacial score (nSPS) is 14.6. The van der Waals surface area contributed by atoms with Gasteiger partial charge in [-0.05, 0) is 41.0 Å². The van der Waals surface area contributed by atoms with Crippen molar-refractivity contribution in [3.05, 3.63) is 0 Å². The number of quaternary nitrogens is 2. The average molecular weight is 929 g/mol. The lowest BCUT2D eigenvalue weighted by Gasteiger charge is -2.31. The Morgan fingerprint density at radius 2 is 0.500 bits per heavy atom. The largest absolute Gasteiger partial charge is 0.472 e. The molecule has 0 aromatic heterocycles. The molecule has 0 aromatic rings. The van der Waals surface area contributed by atoms with Gasteiger partial charge >= 0.3 is 15.6 Å². The Labute approximate surface area is 384 Å². The van der Waals surface area contributed by atoms with Crippen LogP contribution in [0, 0.1) is 0 Å². The number of rotatable bonds is 49.